The van der Waals surface area contributed by atoms with Crippen molar-refractivity contribution in [3.63, 3.8) is 0 Å². The number of nitrogens with one attached hydrogen (secondary N) is 1. The van der Waals surface area contributed by atoms with Crippen LogP contribution < -0.4 is 0 Å². The first-order valence-corrected chi connectivity index (χ1v) is 6.13. The maximum atomic E-state index is 8.17. The summed E-state index contributed by atoms with van der Waals surface area (Å²) in [5, 5.41) is 8.17. The molecule has 0 aromatic heterocycles. The second-order valence-corrected chi connectivity index (χ2v) is 4.30. The van der Waals surface area contributed by atoms with Gasteiger partial charge in [-0.25, -0.2) is 0 Å². The molecule has 0 unspecified atom stereocenters. The minimum atomic E-state index is 0.565. The molecule has 1 rings (SSSR count). The largest absolute Gasteiger partial charge is 0.361 e. The molecule has 0 amide bonds. The van der Waals surface area contributed by atoms with E-state index in [1.165, 1.54) is 32.1 Å². The molecule has 0 spiro atoms. The predicted octanol–water partition coefficient (Wildman–Crippen LogP) is 3.28. The summed E-state index contributed by atoms with van der Waals surface area (Å²) in [4.78, 5) is 2.25. The normalized spacial score (nSPS) is 18.1. The predicted molar refractivity (Wildman–Crippen MR) is 61.8 cm³/mol. The van der Waals surface area contributed by atoms with Crippen LogP contribution in [0.25, 0.3) is 0 Å². The summed E-state index contributed by atoms with van der Waals surface area (Å²) in [5.41, 5.74) is 0. The Labute approximate surface area is 88.2 Å². The van der Waals surface area contributed by atoms with Gasteiger partial charge in [-0.15, -0.1) is 0 Å². The fourth-order valence-electron chi connectivity index (χ4n) is 2.35. The Morgan fingerprint density at radius 1 is 1.21 bits per heavy atom. The summed E-state index contributed by atoms with van der Waals surface area (Å²) >= 11 is 0. The van der Waals surface area contributed by atoms with Crippen LogP contribution in [-0.2, 0) is 0 Å². The number of hydrogen-bond acceptors (Lipinski definition) is 1. The molecule has 0 saturated heterocycles. The molecule has 1 aliphatic rings. The SMILES string of the molecule is CCCN(CC)C(=N)C1CCCCC1. The van der Waals surface area contributed by atoms with Crippen LogP contribution in [0.3, 0.4) is 0 Å². The van der Waals surface area contributed by atoms with E-state index in [9.17, 15) is 0 Å². The van der Waals surface area contributed by atoms with Gasteiger partial charge in [-0.2, -0.15) is 0 Å². The van der Waals surface area contributed by atoms with Crippen molar-refractivity contribution in [2.45, 2.75) is 52.4 Å². The molecule has 0 atom stereocenters. The molecule has 2 nitrogen and oxygen atoms in total. The van der Waals surface area contributed by atoms with E-state index in [4.69, 9.17) is 5.41 Å². The molecule has 0 heterocycles. The van der Waals surface area contributed by atoms with E-state index < -0.39 is 0 Å². The maximum Gasteiger partial charge on any atom is 0.0989 e. The van der Waals surface area contributed by atoms with E-state index >= 15 is 0 Å². The van der Waals surface area contributed by atoms with E-state index in [1.807, 2.05) is 0 Å². The highest BCUT2D eigenvalue weighted by Gasteiger charge is 2.21. The summed E-state index contributed by atoms with van der Waals surface area (Å²) < 4.78 is 0. The molecular formula is C12H24N2. The van der Waals surface area contributed by atoms with Crippen molar-refractivity contribution < 1.29 is 0 Å². The van der Waals surface area contributed by atoms with Gasteiger partial charge in [0.15, 0.2) is 0 Å². The third-order valence-electron chi connectivity index (χ3n) is 3.21. The minimum absolute atomic E-state index is 0.565. The molecule has 82 valence electrons. The minimum Gasteiger partial charge on any atom is -0.361 e. The maximum absolute atomic E-state index is 8.17. The summed E-state index contributed by atoms with van der Waals surface area (Å²) in [5.74, 6) is 1.48. The van der Waals surface area contributed by atoms with Crippen molar-refractivity contribution in [3.05, 3.63) is 0 Å². The van der Waals surface area contributed by atoms with Crippen LogP contribution in [0.2, 0.25) is 0 Å². The first-order valence-electron chi connectivity index (χ1n) is 6.13. The molecule has 0 radical (unpaired) electrons. The van der Waals surface area contributed by atoms with Gasteiger partial charge in [0.05, 0.1) is 5.84 Å². The van der Waals surface area contributed by atoms with Crippen LogP contribution in [0.1, 0.15) is 52.4 Å². The molecule has 1 N–H and O–H groups in total. The summed E-state index contributed by atoms with van der Waals surface area (Å²) in [7, 11) is 0. The first kappa shape index (κ1) is 11.5. The molecule has 1 saturated carbocycles. The van der Waals surface area contributed by atoms with Crippen molar-refractivity contribution in [1.82, 2.24) is 4.90 Å². The zero-order valence-corrected chi connectivity index (χ0v) is 9.68. The Hall–Kier alpha value is -0.530. The Morgan fingerprint density at radius 3 is 2.36 bits per heavy atom. The number of hydrogen-bond donors (Lipinski definition) is 1. The van der Waals surface area contributed by atoms with E-state index in [2.05, 4.69) is 18.7 Å². The van der Waals surface area contributed by atoms with Crippen molar-refractivity contribution >= 4 is 5.84 Å². The topological polar surface area (TPSA) is 27.1 Å². The standard InChI is InChI=1S/C12H24N2/c1-3-10-14(4-2)12(13)11-8-6-5-7-9-11/h11,13H,3-10H2,1-2H3. The van der Waals surface area contributed by atoms with Gasteiger partial charge in [0.2, 0.25) is 0 Å². The van der Waals surface area contributed by atoms with Crippen LogP contribution in [0, 0.1) is 11.3 Å². The Morgan fingerprint density at radius 2 is 1.86 bits per heavy atom. The highest BCUT2D eigenvalue weighted by molar-refractivity contribution is 5.81. The molecule has 0 aromatic carbocycles. The molecule has 0 aliphatic heterocycles. The van der Waals surface area contributed by atoms with Gasteiger partial charge < -0.3 is 4.90 Å². The summed E-state index contributed by atoms with van der Waals surface area (Å²) in [6.07, 6.45) is 7.69. The quantitative estimate of drug-likeness (QED) is 0.542. The molecule has 0 aromatic rings. The molecule has 0 bridgehead atoms. The highest BCUT2D eigenvalue weighted by Crippen LogP contribution is 2.25. The molecule has 1 aliphatic carbocycles. The van der Waals surface area contributed by atoms with Crippen LogP contribution >= 0.6 is 0 Å². The Kier molecular flexibility index (Phi) is 4.99. The second kappa shape index (κ2) is 6.05. The molecule has 1 fully saturated rings. The lowest BCUT2D eigenvalue weighted by atomic mass is 9.88. The van der Waals surface area contributed by atoms with E-state index in [0.29, 0.717) is 5.92 Å². The average Bonchev–Trinajstić information content (AvgIpc) is 2.26. The monoisotopic (exact) mass is 196 g/mol. The average molecular weight is 196 g/mol. The van der Waals surface area contributed by atoms with Crippen LogP contribution in [0.15, 0.2) is 0 Å². The molecule has 14 heavy (non-hydrogen) atoms. The zero-order chi connectivity index (χ0) is 10.4. The lowest BCUT2D eigenvalue weighted by Crippen LogP contribution is -2.36. The lowest BCUT2D eigenvalue weighted by molar-refractivity contribution is 0.361. The molecule has 2 heteroatoms. The first-order chi connectivity index (χ1) is 6.79. The summed E-state index contributed by atoms with van der Waals surface area (Å²) in [6.45, 7) is 6.42. The number of amidine groups is 1. The van der Waals surface area contributed by atoms with Crippen molar-refractivity contribution in [2.75, 3.05) is 13.1 Å². The van der Waals surface area contributed by atoms with Gasteiger partial charge in [0, 0.05) is 19.0 Å². The van der Waals surface area contributed by atoms with Crippen molar-refractivity contribution in [2.24, 2.45) is 5.92 Å². The van der Waals surface area contributed by atoms with Gasteiger partial charge in [-0.05, 0) is 26.2 Å². The van der Waals surface area contributed by atoms with Crippen LogP contribution in [0.4, 0.5) is 0 Å². The smallest absolute Gasteiger partial charge is 0.0989 e. The Bertz CT molecular complexity index is 164. The van der Waals surface area contributed by atoms with Crippen LogP contribution in [0.5, 0.6) is 0 Å². The zero-order valence-electron chi connectivity index (χ0n) is 9.68. The van der Waals surface area contributed by atoms with Crippen molar-refractivity contribution in [3.8, 4) is 0 Å². The van der Waals surface area contributed by atoms with E-state index in [-0.39, 0.29) is 0 Å². The van der Waals surface area contributed by atoms with Gasteiger partial charge in [0.1, 0.15) is 0 Å². The number of rotatable bonds is 4. The van der Waals surface area contributed by atoms with Crippen molar-refractivity contribution in [1.29, 1.82) is 5.41 Å². The van der Waals surface area contributed by atoms with E-state index in [0.717, 1.165) is 25.3 Å². The van der Waals surface area contributed by atoms with Gasteiger partial charge in [0.25, 0.3) is 0 Å². The Balaban J connectivity index is 2.43. The fraction of sp³-hybridized carbons (Fsp3) is 0.917. The second-order valence-electron chi connectivity index (χ2n) is 4.30. The fourth-order valence-corrected chi connectivity index (χ4v) is 2.35. The van der Waals surface area contributed by atoms with Gasteiger partial charge >= 0.3 is 0 Å². The lowest BCUT2D eigenvalue weighted by Gasteiger charge is -2.31. The third kappa shape index (κ3) is 3.00. The summed E-state index contributed by atoms with van der Waals surface area (Å²) in [6, 6.07) is 0. The molecular weight excluding hydrogens is 172 g/mol. The third-order valence-corrected chi connectivity index (χ3v) is 3.21. The van der Waals surface area contributed by atoms with Gasteiger partial charge in [-0.3, -0.25) is 5.41 Å². The highest BCUT2D eigenvalue weighted by atomic mass is 15.2. The van der Waals surface area contributed by atoms with Gasteiger partial charge in [-0.1, -0.05) is 26.2 Å². The van der Waals surface area contributed by atoms with Crippen LogP contribution in [-0.4, -0.2) is 23.8 Å². The number of nitrogens with zero attached hydrogens (tertiary/aromatic N) is 1. The van der Waals surface area contributed by atoms with E-state index in [1.54, 1.807) is 0 Å².